The molecule has 0 spiro atoms. The Morgan fingerprint density at radius 3 is 2.52 bits per heavy atom. The molecule has 1 unspecified atom stereocenters. The second-order valence-corrected chi connectivity index (χ2v) is 5.93. The van der Waals surface area contributed by atoms with E-state index in [0.717, 1.165) is 50.5 Å². The van der Waals surface area contributed by atoms with Gasteiger partial charge in [0.2, 0.25) is 0 Å². The van der Waals surface area contributed by atoms with Gasteiger partial charge >= 0.3 is 0 Å². The Labute approximate surface area is 124 Å². The van der Waals surface area contributed by atoms with E-state index in [1.54, 1.807) is 0 Å². The molecule has 4 aliphatic heterocycles. The van der Waals surface area contributed by atoms with E-state index in [4.69, 9.17) is 9.47 Å². The zero-order chi connectivity index (χ0) is 14.2. The number of ketones is 1. The standard InChI is InChI=1S/C16H20N2O3/c19-16(13-11-17-4-6-18(13)7-5-17)12-2-3-14-15(10-12)21-9-1-8-20-14/h2-3,10,13H,1,4-9,11H2. The van der Waals surface area contributed by atoms with Gasteiger partial charge in [-0.3, -0.25) is 14.6 Å². The molecular formula is C16H20N2O3. The predicted octanol–water partition coefficient (Wildman–Crippen LogP) is 1.03. The number of piperazine rings is 3. The van der Waals surface area contributed by atoms with Crippen molar-refractivity contribution in [3.63, 3.8) is 0 Å². The van der Waals surface area contributed by atoms with Gasteiger partial charge in [-0.05, 0) is 18.2 Å². The molecule has 3 fully saturated rings. The molecule has 5 nitrogen and oxygen atoms in total. The Morgan fingerprint density at radius 2 is 1.81 bits per heavy atom. The minimum absolute atomic E-state index is 0.00255. The summed E-state index contributed by atoms with van der Waals surface area (Å²) in [6.45, 7) is 6.35. The van der Waals surface area contributed by atoms with Crippen molar-refractivity contribution in [3.05, 3.63) is 23.8 Å². The van der Waals surface area contributed by atoms with Gasteiger partial charge in [0.25, 0.3) is 0 Å². The molecule has 0 radical (unpaired) electrons. The van der Waals surface area contributed by atoms with Gasteiger partial charge in [0.15, 0.2) is 17.3 Å². The van der Waals surface area contributed by atoms with Crippen molar-refractivity contribution < 1.29 is 14.3 Å². The summed E-state index contributed by atoms with van der Waals surface area (Å²) in [6, 6.07) is 5.58. The first-order valence-corrected chi connectivity index (χ1v) is 7.71. The number of carbonyl (C=O) groups excluding carboxylic acids is 1. The smallest absolute Gasteiger partial charge is 0.181 e. The van der Waals surface area contributed by atoms with E-state index in [0.29, 0.717) is 19.0 Å². The predicted molar refractivity (Wildman–Crippen MR) is 78.2 cm³/mol. The molecule has 21 heavy (non-hydrogen) atoms. The van der Waals surface area contributed by atoms with Gasteiger partial charge in [-0.25, -0.2) is 0 Å². The molecule has 112 valence electrons. The van der Waals surface area contributed by atoms with Crippen molar-refractivity contribution in [3.8, 4) is 11.5 Å². The molecule has 0 amide bonds. The third kappa shape index (κ3) is 2.40. The van der Waals surface area contributed by atoms with Gasteiger partial charge < -0.3 is 9.47 Å². The van der Waals surface area contributed by atoms with E-state index in [1.807, 2.05) is 18.2 Å². The lowest BCUT2D eigenvalue weighted by Crippen LogP contribution is -2.63. The largest absolute Gasteiger partial charge is 0.490 e. The van der Waals surface area contributed by atoms with Crippen molar-refractivity contribution in [2.75, 3.05) is 45.9 Å². The molecule has 0 saturated carbocycles. The summed E-state index contributed by atoms with van der Waals surface area (Å²) in [4.78, 5) is 17.5. The monoisotopic (exact) mass is 288 g/mol. The summed E-state index contributed by atoms with van der Waals surface area (Å²) in [5.41, 5.74) is 0.734. The van der Waals surface area contributed by atoms with Crippen LogP contribution in [0.5, 0.6) is 11.5 Å². The molecule has 3 saturated heterocycles. The number of fused-ring (bicyclic) bond motifs is 4. The van der Waals surface area contributed by atoms with E-state index in [9.17, 15) is 4.79 Å². The number of rotatable bonds is 2. The Bertz CT molecular complexity index is 552. The fraction of sp³-hybridized carbons (Fsp3) is 0.562. The molecule has 0 N–H and O–H groups in total. The summed E-state index contributed by atoms with van der Waals surface area (Å²) in [7, 11) is 0. The molecule has 5 heteroatoms. The number of hydrogen-bond donors (Lipinski definition) is 0. The van der Waals surface area contributed by atoms with E-state index < -0.39 is 0 Å². The van der Waals surface area contributed by atoms with E-state index in [2.05, 4.69) is 9.80 Å². The van der Waals surface area contributed by atoms with Crippen molar-refractivity contribution in [2.45, 2.75) is 12.5 Å². The highest BCUT2D eigenvalue weighted by Gasteiger charge is 2.36. The SMILES string of the molecule is O=C(c1ccc2c(c1)OCCCO2)C1CN2CCN1CC2. The lowest BCUT2D eigenvalue weighted by Gasteiger charge is -2.46. The highest BCUT2D eigenvalue weighted by Crippen LogP contribution is 2.31. The molecule has 1 atom stereocenters. The van der Waals surface area contributed by atoms with Crippen LogP contribution in [0.25, 0.3) is 0 Å². The summed E-state index contributed by atoms with van der Waals surface area (Å²) >= 11 is 0. The maximum atomic E-state index is 12.8. The highest BCUT2D eigenvalue weighted by molar-refractivity contribution is 6.01. The molecule has 0 aromatic heterocycles. The van der Waals surface area contributed by atoms with Crippen LogP contribution in [0.1, 0.15) is 16.8 Å². The van der Waals surface area contributed by atoms with Gasteiger partial charge in [0, 0.05) is 44.7 Å². The maximum absolute atomic E-state index is 12.8. The number of benzene rings is 1. The highest BCUT2D eigenvalue weighted by atomic mass is 16.5. The van der Waals surface area contributed by atoms with E-state index in [-0.39, 0.29) is 11.8 Å². The molecule has 4 heterocycles. The molecular weight excluding hydrogens is 268 g/mol. The van der Waals surface area contributed by atoms with Crippen LogP contribution in [0, 0.1) is 0 Å². The van der Waals surface area contributed by atoms with Gasteiger partial charge in [0.05, 0.1) is 19.3 Å². The normalized spacial score (nSPS) is 30.8. The number of nitrogens with zero attached hydrogens (tertiary/aromatic N) is 2. The lowest BCUT2D eigenvalue weighted by molar-refractivity contribution is 0.0159. The average Bonchev–Trinajstić information content (AvgIpc) is 2.79. The first kappa shape index (κ1) is 13.1. The average molecular weight is 288 g/mol. The van der Waals surface area contributed by atoms with Crippen LogP contribution in [-0.4, -0.2) is 67.6 Å². The third-order valence-corrected chi connectivity index (χ3v) is 4.61. The second-order valence-electron chi connectivity index (χ2n) is 5.93. The molecule has 5 rings (SSSR count). The fourth-order valence-electron chi connectivity index (χ4n) is 3.38. The Balaban J connectivity index is 1.58. The van der Waals surface area contributed by atoms with Gasteiger partial charge in [0.1, 0.15) is 0 Å². The van der Waals surface area contributed by atoms with Gasteiger partial charge in [-0.15, -0.1) is 0 Å². The van der Waals surface area contributed by atoms with Crippen LogP contribution >= 0.6 is 0 Å². The van der Waals surface area contributed by atoms with E-state index in [1.165, 1.54) is 0 Å². The van der Waals surface area contributed by atoms with Crippen molar-refractivity contribution >= 4 is 5.78 Å². The van der Waals surface area contributed by atoms with Gasteiger partial charge in [-0.2, -0.15) is 0 Å². The number of Topliss-reactive ketones (excluding diaryl/α,β-unsaturated/α-hetero) is 1. The summed E-state index contributed by atoms with van der Waals surface area (Å²) in [5, 5.41) is 0. The molecule has 4 aliphatic rings. The Morgan fingerprint density at radius 1 is 1.05 bits per heavy atom. The van der Waals surface area contributed by atoms with Crippen LogP contribution in [0.3, 0.4) is 0 Å². The minimum Gasteiger partial charge on any atom is -0.490 e. The Hall–Kier alpha value is -1.59. The van der Waals surface area contributed by atoms with Gasteiger partial charge in [-0.1, -0.05) is 0 Å². The molecule has 2 bridgehead atoms. The van der Waals surface area contributed by atoms with Crippen molar-refractivity contribution in [1.82, 2.24) is 9.80 Å². The van der Waals surface area contributed by atoms with Crippen LogP contribution in [0.15, 0.2) is 18.2 Å². The first-order chi connectivity index (χ1) is 10.3. The molecule has 1 aromatic carbocycles. The quantitative estimate of drug-likeness (QED) is 0.760. The third-order valence-electron chi connectivity index (χ3n) is 4.61. The molecule has 0 aliphatic carbocycles. The Kier molecular flexibility index (Phi) is 3.31. The summed E-state index contributed by atoms with van der Waals surface area (Å²) in [6.07, 6.45) is 0.878. The van der Waals surface area contributed by atoms with Crippen molar-refractivity contribution in [1.29, 1.82) is 0 Å². The van der Waals surface area contributed by atoms with Crippen LogP contribution in [0.2, 0.25) is 0 Å². The lowest BCUT2D eigenvalue weighted by atomic mass is 9.98. The summed E-state index contributed by atoms with van der Waals surface area (Å²) in [5.74, 6) is 1.66. The molecule has 1 aromatic rings. The first-order valence-electron chi connectivity index (χ1n) is 7.71. The maximum Gasteiger partial charge on any atom is 0.181 e. The fourth-order valence-corrected chi connectivity index (χ4v) is 3.38. The minimum atomic E-state index is -0.00255. The van der Waals surface area contributed by atoms with Crippen molar-refractivity contribution in [2.24, 2.45) is 0 Å². The number of hydrogen-bond acceptors (Lipinski definition) is 5. The topological polar surface area (TPSA) is 42.0 Å². The van der Waals surface area contributed by atoms with Crippen LogP contribution in [0.4, 0.5) is 0 Å². The number of carbonyl (C=O) groups is 1. The zero-order valence-corrected chi connectivity index (χ0v) is 12.1. The van der Waals surface area contributed by atoms with Crippen LogP contribution in [-0.2, 0) is 0 Å². The number of ether oxygens (including phenoxy) is 2. The van der Waals surface area contributed by atoms with E-state index >= 15 is 0 Å². The van der Waals surface area contributed by atoms with Crippen LogP contribution < -0.4 is 9.47 Å². The zero-order valence-electron chi connectivity index (χ0n) is 12.1. The summed E-state index contributed by atoms with van der Waals surface area (Å²) < 4.78 is 11.3. The second kappa shape index (κ2) is 5.31.